The molecule has 0 aliphatic rings. The third-order valence-corrected chi connectivity index (χ3v) is 4.87. The molecule has 0 radical (unpaired) electrons. The molecule has 0 unspecified atom stereocenters. The van der Waals surface area contributed by atoms with Crippen LogP contribution in [0, 0.1) is 0 Å². The zero-order valence-electron chi connectivity index (χ0n) is 17.5. The first-order valence-electron chi connectivity index (χ1n) is 9.73. The highest BCUT2D eigenvalue weighted by Gasteiger charge is 2.16. The van der Waals surface area contributed by atoms with E-state index in [1.165, 1.54) is 12.4 Å². The molecule has 0 fully saturated rings. The van der Waals surface area contributed by atoms with Gasteiger partial charge in [0.05, 0.1) is 31.0 Å². The number of aromatic nitrogens is 2. The molecular formula is C24H20N4O4. The van der Waals surface area contributed by atoms with E-state index in [-0.39, 0.29) is 0 Å². The topological polar surface area (TPSA) is 102 Å². The van der Waals surface area contributed by atoms with Gasteiger partial charge in [-0.25, -0.2) is 4.98 Å². The van der Waals surface area contributed by atoms with E-state index in [1.54, 1.807) is 50.6 Å². The third-order valence-electron chi connectivity index (χ3n) is 4.87. The number of para-hydroxylation sites is 1. The summed E-state index contributed by atoms with van der Waals surface area (Å²) >= 11 is 0. The molecule has 2 aromatic heterocycles. The van der Waals surface area contributed by atoms with Gasteiger partial charge in [0.15, 0.2) is 11.5 Å². The van der Waals surface area contributed by atoms with Crippen LogP contribution in [0.3, 0.4) is 0 Å². The monoisotopic (exact) mass is 428 g/mol. The van der Waals surface area contributed by atoms with Crippen molar-refractivity contribution in [2.24, 2.45) is 0 Å². The summed E-state index contributed by atoms with van der Waals surface area (Å²) < 4.78 is 10.7. The molecule has 4 aromatic rings. The highest BCUT2D eigenvalue weighted by Crippen LogP contribution is 2.33. The van der Waals surface area contributed by atoms with Crippen LogP contribution in [0.4, 0.5) is 0 Å². The van der Waals surface area contributed by atoms with Gasteiger partial charge < -0.3 is 9.47 Å². The molecule has 8 heteroatoms. The molecule has 2 N–H and O–H groups in total. The Morgan fingerprint density at radius 1 is 0.812 bits per heavy atom. The van der Waals surface area contributed by atoms with Crippen molar-refractivity contribution in [3.05, 3.63) is 84.2 Å². The predicted octanol–water partition coefficient (Wildman–Crippen LogP) is 3.39. The average Bonchev–Trinajstić information content (AvgIpc) is 2.86. The fourth-order valence-corrected chi connectivity index (χ4v) is 3.26. The molecule has 2 aromatic carbocycles. The Hall–Kier alpha value is -4.46. The summed E-state index contributed by atoms with van der Waals surface area (Å²) in [5, 5.41) is 0.660. The third kappa shape index (κ3) is 4.20. The largest absolute Gasteiger partial charge is 0.493 e. The predicted molar refractivity (Wildman–Crippen MR) is 119 cm³/mol. The van der Waals surface area contributed by atoms with Gasteiger partial charge in [-0.1, -0.05) is 18.2 Å². The number of fused-ring (bicyclic) bond motifs is 1. The quantitative estimate of drug-likeness (QED) is 0.473. The Morgan fingerprint density at radius 3 is 2.28 bits per heavy atom. The van der Waals surface area contributed by atoms with Crippen molar-refractivity contribution in [3.63, 3.8) is 0 Å². The van der Waals surface area contributed by atoms with Gasteiger partial charge in [-0.2, -0.15) is 0 Å². The van der Waals surface area contributed by atoms with Crippen LogP contribution in [-0.4, -0.2) is 36.0 Å². The van der Waals surface area contributed by atoms with E-state index in [2.05, 4.69) is 15.8 Å². The highest BCUT2D eigenvalue weighted by atomic mass is 16.5. The number of nitrogens with zero attached hydrogens (tertiary/aromatic N) is 2. The van der Waals surface area contributed by atoms with Crippen LogP contribution in [0.5, 0.6) is 11.5 Å². The van der Waals surface area contributed by atoms with Crippen molar-refractivity contribution < 1.29 is 19.1 Å². The van der Waals surface area contributed by atoms with Gasteiger partial charge in [0.1, 0.15) is 0 Å². The summed E-state index contributed by atoms with van der Waals surface area (Å²) in [6.45, 7) is 0. The van der Waals surface area contributed by atoms with Gasteiger partial charge in [0, 0.05) is 28.9 Å². The number of pyridine rings is 2. The van der Waals surface area contributed by atoms with Crippen LogP contribution in [0.15, 0.2) is 73.1 Å². The first kappa shape index (κ1) is 20.8. The minimum Gasteiger partial charge on any atom is -0.493 e. The van der Waals surface area contributed by atoms with Gasteiger partial charge in [0.25, 0.3) is 11.8 Å². The molecule has 0 spiro atoms. The van der Waals surface area contributed by atoms with E-state index in [4.69, 9.17) is 14.5 Å². The van der Waals surface area contributed by atoms with E-state index >= 15 is 0 Å². The number of hydrogen-bond donors (Lipinski definition) is 2. The first-order valence-corrected chi connectivity index (χ1v) is 9.73. The summed E-state index contributed by atoms with van der Waals surface area (Å²) in [5.41, 5.74) is 7.64. The van der Waals surface area contributed by atoms with Crippen LogP contribution >= 0.6 is 0 Å². The van der Waals surface area contributed by atoms with Crippen molar-refractivity contribution in [1.29, 1.82) is 0 Å². The number of rotatable bonds is 5. The van der Waals surface area contributed by atoms with Gasteiger partial charge in [-0.05, 0) is 42.5 Å². The SMILES string of the molecule is COc1ccc(-c2cc(C(=O)NNC(=O)c3ccncc3)c3ccccc3n2)cc1OC. The number of nitrogens with one attached hydrogen (secondary N) is 2. The fraction of sp³-hybridized carbons (Fsp3) is 0.0833. The van der Waals surface area contributed by atoms with Gasteiger partial charge in [-0.3, -0.25) is 25.4 Å². The molecular weight excluding hydrogens is 408 g/mol. The molecule has 0 saturated heterocycles. The summed E-state index contributed by atoms with van der Waals surface area (Å²) in [5.74, 6) is 0.233. The standard InChI is InChI=1S/C24H20N4O4/c1-31-21-8-7-16(13-22(21)32-2)20-14-18(17-5-3-4-6-19(17)26-20)24(30)28-27-23(29)15-9-11-25-12-10-15/h3-14H,1-2H3,(H,27,29)(H,28,30). The van der Waals surface area contributed by atoms with Crippen molar-refractivity contribution in [2.45, 2.75) is 0 Å². The number of carbonyl (C=O) groups is 2. The van der Waals surface area contributed by atoms with Gasteiger partial charge in [0.2, 0.25) is 0 Å². The Labute approximate surface area is 184 Å². The van der Waals surface area contributed by atoms with E-state index in [0.717, 1.165) is 5.56 Å². The second kappa shape index (κ2) is 9.13. The number of hydrogen-bond acceptors (Lipinski definition) is 6. The van der Waals surface area contributed by atoms with Crippen molar-refractivity contribution in [2.75, 3.05) is 14.2 Å². The van der Waals surface area contributed by atoms with Crippen LogP contribution in [0.25, 0.3) is 22.2 Å². The van der Waals surface area contributed by atoms with Gasteiger partial charge >= 0.3 is 0 Å². The van der Waals surface area contributed by atoms with Crippen LogP contribution in [0.1, 0.15) is 20.7 Å². The molecule has 2 amide bonds. The lowest BCUT2D eigenvalue weighted by Crippen LogP contribution is -2.41. The number of amides is 2. The lowest BCUT2D eigenvalue weighted by molar-refractivity contribution is 0.0847. The van der Waals surface area contributed by atoms with Crippen molar-refractivity contribution >= 4 is 22.7 Å². The average molecular weight is 428 g/mol. The molecule has 2 heterocycles. The minimum atomic E-state index is -0.465. The lowest BCUT2D eigenvalue weighted by Gasteiger charge is -2.13. The summed E-state index contributed by atoms with van der Waals surface area (Å²) in [6, 6.07) is 17.5. The Kier molecular flexibility index (Phi) is 5.94. The highest BCUT2D eigenvalue weighted by molar-refractivity contribution is 6.08. The Morgan fingerprint density at radius 2 is 1.53 bits per heavy atom. The lowest BCUT2D eigenvalue weighted by atomic mass is 10.0. The number of methoxy groups -OCH3 is 2. The molecule has 4 rings (SSSR count). The second-order valence-electron chi connectivity index (χ2n) is 6.79. The number of hydrazine groups is 1. The van der Waals surface area contributed by atoms with Crippen LogP contribution < -0.4 is 20.3 Å². The minimum absolute atomic E-state index is 0.371. The Balaban J connectivity index is 1.68. The van der Waals surface area contributed by atoms with Crippen LogP contribution in [0.2, 0.25) is 0 Å². The molecule has 160 valence electrons. The van der Waals surface area contributed by atoms with Crippen molar-refractivity contribution in [3.8, 4) is 22.8 Å². The number of benzene rings is 2. The Bertz CT molecular complexity index is 1290. The van der Waals surface area contributed by atoms with E-state index in [1.807, 2.05) is 24.3 Å². The molecule has 32 heavy (non-hydrogen) atoms. The van der Waals surface area contributed by atoms with E-state index < -0.39 is 11.8 Å². The second-order valence-corrected chi connectivity index (χ2v) is 6.79. The van der Waals surface area contributed by atoms with E-state index in [9.17, 15) is 9.59 Å². The zero-order valence-corrected chi connectivity index (χ0v) is 17.5. The van der Waals surface area contributed by atoms with Crippen LogP contribution in [-0.2, 0) is 0 Å². The molecule has 0 aliphatic heterocycles. The zero-order chi connectivity index (χ0) is 22.5. The summed E-state index contributed by atoms with van der Waals surface area (Å²) in [4.78, 5) is 33.8. The maximum Gasteiger partial charge on any atom is 0.270 e. The van der Waals surface area contributed by atoms with E-state index in [0.29, 0.717) is 39.2 Å². The maximum atomic E-state index is 13.0. The summed E-state index contributed by atoms with van der Waals surface area (Å²) in [6.07, 6.45) is 3.00. The number of carbonyl (C=O) groups excluding carboxylic acids is 2. The fourth-order valence-electron chi connectivity index (χ4n) is 3.26. The smallest absolute Gasteiger partial charge is 0.270 e. The normalized spacial score (nSPS) is 10.4. The summed E-state index contributed by atoms with van der Waals surface area (Å²) in [7, 11) is 3.12. The van der Waals surface area contributed by atoms with Crippen molar-refractivity contribution in [1.82, 2.24) is 20.8 Å². The van der Waals surface area contributed by atoms with Gasteiger partial charge in [-0.15, -0.1) is 0 Å². The molecule has 0 saturated carbocycles. The number of ether oxygens (including phenoxy) is 2. The molecule has 8 nitrogen and oxygen atoms in total. The molecule has 0 aliphatic carbocycles. The molecule has 0 atom stereocenters. The first-order chi connectivity index (χ1) is 15.6. The maximum absolute atomic E-state index is 13.0. The molecule has 0 bridgehead atoms.